The van der Waals surface area contributed by atoms with Crippen LogP contribution < -0.4 is 0 Å². The van der Waals surface area contributed by atoms with Crippen molar-refractivity contribution in [1.82, 2.24) is 4.98 Å². The van der Waals surface area contributed by atoms with E-state index in [1.807, 2.05) is 30.3 Å². The summed E-state index contributed by atoms with van der Waals surface area (Å²) in [6.45, 7) is 10.9. The number of rotatable bonds is 5. The normalized spacial score (nSPS) is 25.4. The minimum absolute atomic E-state index is 0. The Morgan fingerprint density at radius 3 is 2.10 bits per heavy atom. The Hall–Kier alpha value is -1.58. The standard InChI is InChI=1S/C19H36O2.C16H12N.Ir/c1-5-18(6-2)12-9-10-14-11-13-19(7-3,8-4)17(21)15(14)16(18)20;1-12-7-8-14-9-10-15(17-16(14)11-12)13-5-3-2-4-6-13;/h14-17,20-21H,5-13H2,1-4H3;2-5,7-11H,1H3;/q;-1;. The molecular formula is C35H48IrNO2-. The van der Waals surface area contributed by atoms with Gasteiger partial charge < -0.3 is 10.2 Å². The number of pyridine rings is 1. The first-order chi connectivity index (χ1) is 18.3. The van der Waals surface area contributed by atoms with Crippen LogP contribution in [0.1, 0.15) is 91.0 Å². The third-order valence-electron chi connectivity index (χ3n) is 10.4. The quantitative estimate of drug-likeness (QED) is 0.262. The molecule has 0 spiro atoms. The average Bonchev–Trinajstić information content (AvgIpc) is 3.10. The predicted molar refractivity (Wildman–Crippen MR) is 159 cm³/mol. The Morgan fingerprint density at radius 2 is 1.49 bits per heavy atom. The monoisotopic (exact) mass is 707 g/mol. The Balaban J connectivity index is 0.000000214. The van der Waals surface area contributed by atoms with Gasteiger partial charge in [-0.25, -0.2) is 0 Å². The number of aryl methyl sites for hydroxylation is 1. The fourth-order valence-electron chi connectivity index (χ4n) is 7.49. The summed E-state index contributed by atoms with van der Waals surface area (Å²) >= 11 is 0. The van der Waals surface area contributed by atoms with E-state index < -0.39 is 0 Å². The fraction of sp³-hybridized carbons (Fsp3) is 0.571. The molecule has 0 bridgehead atoms. The Labute approximate surface area is 250 Å². The maximum atomic E-state index is 11.2. The summed E-state index contributed by atoms with van der Waals surface area (Å²) in [4.78, 5) is 4.68. The molecule has 2 saturated carbocycles. The van der Waals surface area contributed by atoms with Crippen LogP contribution >= 0.6 is 0 Å². The summed E-state index contributed by atoms with van der Waals surface area (Å²) in [6.07, 6.45) is 9.37. The van der Waals surface area contributed by atoms with Crippen molar-refractivity contribution in [2.45, 2.75) is 105 Å². The first-order valence-corrected chi connectivity index (χ1v) is 15.0. The number of hydrogen-bond donors (Lipinski definition) is 2. The zero-order valence-corrected chi connectivity index (χ0v) is 26.9. The van der Waals surface area contributed by atoms with E-state index >= 15 is 0 Å². The number of hydrogen-bond acceptors (Lipinski definition) is 3. The van der Waals surface area contributed by atoms with Crippen molar-refractivity contribution in [1.29, 1.82) is 0 Å². The molecule has 215 valence electrons. The topological polar surface area (TPSA) is 53.4 Å². The van der Waals surface area contributed by atoms with Gasteiger partial charge in [-0.3, -0.25) is 4.98 Å². The molecule has 39 heavy (non-hydrogen) atoms. The van der Waals surface area contributed by atoms with E-state index in [9.17, 15) is 10.2 Å². The summed E-state index contributed by atoms with van der Waals surface area (Å²) in [7, 11) is 0. The molecule has 5 rings (SSSR count). The Kier molecular flexibility index (Phi) is 11.3. The van der Waals surface area contributed by atoms with Crippen LogP contribution in [0.25, 0.3) is 22.2 Å². The number of fused-ring (bicyclic) bond motifs is 2. The molecule has 0 aliphatic heterocycles. The van der Waals surface area contributed by atoms with Crippen LogP contribution in [-0.4, -0.2) is 27.4 Å². The second kappa shape index (κ2) is 13.9. The largest absolute Gasteiger partial charge is 0.392 e. The van der Waals surface area contributed by atoms with Gasteiger partial charge in [-0.1, -0.05) is 58.4 Å². The number of nitrogens with zero attached hydrogens (tertiary/aromatic N) is 1. The summed E-state index contributed by atoms with van der Waals surface area (Å²) in [5.41, 5.74) is 4.36. The van der Waals surface area contributed by atoms with Gasteiger partial charge in [0.2, 0.25) is 0 Å². The van der Waals surface area contributed by atoms with Gasteiger partial charge in [0.05, 0.1) is 17.7 Å². The maximum absolute atomic E-state index is 11.2. The van der Waals surface area contributed by atoms with Gasteiger partial charge in [0, 0.05) is 26.0 Å². The fourth-order valence-corrected chi connectivity index (χ4v) is 7.49. The predicted octanol–water partition coefficient (Wildman–Crippen LogP) is 8.54. The van der Waals surface area contributed by atoms with Crippen LogP contribution in [-0.2, 0) is 20.1 Å². The molecule has 0 amide bonds. The van der Waals surface area contributed by atoms with E-state index in [1.54, 1.807) is 0 Å². The number of aliphatic hydroxyl groups is 2. The van der Waals surface area contributed by atoms with Gasteiger partial charge in [-0.2, -0.15) is 0 Å². The average molecular weight is 707 g/mol. The number of aromatic nitrogens is 1. The summed E-state index contributed by atoms with van der Waals surface area (Å²) in [5.74, 6) is 0.627. The summed E-state index contributed by atoms with van der Waals surface area (Å²) in [6, 6.07) is 21.6. The number of benzene rings is 2. The van der Waals surface area contributed by atoms with Crippen molar-refractivity contribution in [3.63, 3.8) is 0 Å². The number of aliphatic hydroxyl groups excluding tert-OH is 2. The van der Waals surface area contributed by atoms with Crippen molar-refractivity contribution in [2.24, 2.45) is 22.7 Å². The first kappa shape index (κ1) is 31.9. The molecule has 2 aliphatic rings. The molecule has 3 nitrogen and oxygen atoms in total. The van der Waals surface area contributed by atoms with E-state index in [1.165, 1.54) is 30.2 Å². The van der Waals surface area contributed by atoms with Crippen LogP contribution in [0, 0.1) is 35.7 Å². The maximum Gasteiger partial charge on any atom is 0.0651 e. The molecule has 4 unspecified atom stereocenters. The zero-order valence-electron chi connectivity index (χ0n) is 24.5. The van der Waals surface area contributed by atoms with E-state index in [0.29, 0.717) is 5.92 Å². The van der Waals surface area contributed by atoms with E-state index in [4.69, 9.17) is 0 Å². The third-order valence-corrected chi connectivity index (χ3v) is 10.4. The molecule has 3 aromatic rings. The van der Waals surface area contributed by atoms with Crippen molar-refractivity contribution >= 4 is 10.9 Å². The van der Waals surface area contributed by atoms with E-state index in [0.717, 1.165) is 55.3 Å². The Morgan fingerprint density at radius 1 is 0.846 bits per heavy atom. The Bertz CT molecular complexity index is 1170. The van der Waals surface area contributed by atoms with Crippen LogP contribution in [0.2, 0.25) is 0 Å². The third kappa shape index (κ3) is 6.51. The summed E-state index contributed by atoms with van der Waals surface area (Å²) in [5, 5.41) is 23.6. The molecule has 1 radical (unpaired) electrons. The van der Waals surface area contributed by atoms with E-state index in [-0.39, 0.29) is 49.1 Å². The van der Waals surface area contributed by atoms with Crippen LogP contribution in [0.4, 0.5) is 0 Å². The molecule has 0 saturated heterocycles. The van der Waals surface area contributed by atoms with Crippen LogP contribution in [0.5, 0.6) is 0 Å². The zero-order chi connectivity index (χ0) is 27.3. The minimum Gasteiger partial charge on any atom is -0.392 e. The van der Waals surface area contributed by atoms with Crippen LogP contribution in [0.15, 0.2) is 54.6 Å². The molecule has 2 fully saturated rings. The van der Waals surface area contributed by atoms with E-state index in [2.05, 4.69) is 69.9 Å². The SMILES string of the molecule is CCC1(CC)CCCC2CCC(CC)(CC)C(O)C2C1O.Cc1ccc2ccc(-c3[c-]cccc3)nc2c1.[Ir]. The van der Waals surface area contributed by atoms with Crippen LogP contribution in [0.3, 0.4) is 0 Å². The smallest absolute Gasteiger partial charge is 0.0651 e. The molecule has 4 atom stereocenters. The molecule has 1 heterocycles. The molecular weight excluding hydrogens is 659 g/mol. The van der Waals surface area contributed by atoms with Crippen molar-refractivity contribution in [3.8, 4) is 11.3 Å². The van der Waals surface area contributed by atoms with Gasteiger partial charge >= 0.3 is 0 Å². The summed E-state index contributed by atoms with van der Waals surface area (Å²) < 4.78 is 0. The van der Waals surface area contributed by atoms with Crippen molar-refractivity contribution in [3.05, 3.63) is 66.2 Å². The molecule has 2 aliphatic carbocycles. The van der Waals surface area contributed by atoms with Gasteiger partial charge in [0.25, 0.3) is 0 Å². The molecule has 1 aromatic heterocycles. The minimum atomic E-state index is -0.326. The van der Waals surface area contributed by atoms with Crippen molar-refractivity contribution in [2.75, 3.05) is 0 Å². The van der Waals surface area contributed by atoms with Gasteiger partial charge in [-0.05, 0) is 97.7 Å². The molecule has 4 heteroatoms. The van der Waals surface area contributed by atoms with Crippen molar-refractivity contribution < 1.29 is 30.3 Å². The first-order valence-electron chi connectivity index (χ1n) is 15.0. The molecule has 2 aromatic carbocycles. The van der Waals surface area contributed by atoms with Gasteiger partial charge in [-0.15, -0.1) is 35.9 Å². The molecule has 2 N–H and O–H groups in total. The van der Waals surface area contributed by atoms with Gasteiger partial charge in [0.1, 0.15) is 0 Å². The second-order valence-corrected chi connectivity index (χ2v) is 12.0. The van der Waals surface area contributed by atoms with Gasteiger partial charge in [0.15, 0.2) is 0 Å². The second-order valence-electron chi connectivity index (χ2n) is 12.0.